The summed E-state index contributed by atoms with van der Waals surface area (Å²) in [7, 11) is 0. The topological polar surface area (TPSA) is 71.3 Å². The lowest BCUT2D eigenvalue weighted by Gasteiger charge is -2.24. The molecule has 6 heteroatoms. The molecule has 2 aliphatic rings. The van der Waals surface area contributed by atoms with Crippen LogP contribution in [0.4, 0.5) is 0 Å². The van der Waals surface area contributed by atoms with Crippen LogP contribution >= 0.6 is 0 Å². The van der Waals surface area contributed by atoms with Crippen LogP contribution in [0.2, 0.25) is 0 Å². The number of nitrogens with zero attached hydrogens (tertiary/aromatic N) is 3. The fourth-order valence-corrected chi connectivity index (χ4v) is 4.36. The predicted octanol–water partition coefficient (Wildman–Crippen LogP) is 3.46. The van der Waals surface area contributed by atoms with E-state index >= 15 is 0 Å². The lowest BCUT2D eigenvalue weighted by molar-refractivity contribution is 0.0698. The molecule has 0 saturated carbocycles. The second-order valence-corrected chi connectivity index (χ2v) is 7.84. The van der Waals surface area contributed by atoms with E-state index in [1.807, 2.05) is 37.1 Å². The highest BCUT2D eigenvalue weighted by Crippen LogP contribution is 2.34. The van der Waals surface area contributed by atoms with Gasteiger partial charge in [-0.25, -0.2) is 9.97 Å². The van der Waals surface area contributed by atoms with Gasteiger partial charge in [-0.2, -0.15) is 0 Å². The number of aromatic nitrogens is 2. The molecule has 28 heavy (non-hydrogen) atoms. The normalized spacial score (nSPS) is 19.2. The SMILES string of the molecule is Cc1ccc2oc(C(=O)N3CCC[C@@H]3c3ncc4c(n3)CCNC4)c(C)c2c1. The monoisotopic (exact) mass is 376 g/mol. The first-order chi connectivity index (χ1) is 13.6. The van der Waals surface area contributed by atoms with Crippen LogP contribution in [-0.4, -0.2) is 33.9 Å². The van der Waals surface area contributed by atoms with E-state index in [0.29, 0.717) is 12.3 Å². The number of hydrogen-bond donors (Lipinski definition) is 1. The number of hydrogen-bond acceptors (Lipinski definition) is 5. The molecule has 2 aromatic heterocycles. The fraction of sp³-hybridized carbons (Fsp3) is 0.409. The average molecular weight is 376 g/mol. The van der Waals surface area contributed by atoms with Crippen molar-refractivity contribution in [2.45, 2.75) is 45.7 Å². The molecule has 6 nitrogen and oxygen atoms in total. The van der Waals surface area contributed by atoms with Gasteiger partial charge in [0.25, 0.3) is 5.91 Å². The third-order valence-electron chi connectivity index (χ3n) is 5.92. The van der Waals surface area contributed by atoms with Crippen molar-refractivity contribution in [1.29, 1.82) is 0 Å². The maximum atomic E-state index is 13.4. The largest absolute Gasteiger partial charge is 0.451 e. The molecule has 0 bridgehead atoms. The van der Waals surface area contributed by atoms with E-state index in [1.54, 1.807) is 0 Å². The minimum absolute atomic E-state index is 0.0585. The van der Waals surface area contributed by atoms with Crippen LogP contribution in [-0.2, 0) is 13.0 Å². The molecule has 1 saturated heterocycles. The Labute approximate surface area is 164 Å². The molecule has 1 N–H and O–H groups in total. The van der Waals surface area contributed by atoms with Crippen LogP contribution in [0.25, 0.3) is 11.0 Å². The van der Waals surface area contributed by atoms with Gasteiger partial charge < -0.3 is 14.6 Å². The first kappa shape index (κ1) is 17.4. The molecular weight excluding hydrogens is 352 g/mol. The second-order valence-electron chi connectivity index (χ2n) is 7.84. The highest BCUT2D eigenvalue weighted by atomic mass is 16.3. The van der Waals surface area contributed by atoms with E-state index in [1.165, 1.54) is 0 Å². The van der Waals surface area contributed by atoms with Crippen LogP contribution in [0.15, 0.2) is 28.8 Å². The van der Waals surface area contributed by atoms with E-state index in [-0.39, 0.29) is 11.9 Å². The van der Waals surface area contributed by atoms with E-state index in [4.69, 9.17) is 9.40 Å². The van der Waals surface area contributed by atoms with Gasteiger partial charge in [0.05, 0.1) is 6.04 Å². The van der Waals surface area contributed by atoms with Crippen molar-refractivity contribution in [3.63, 3.8) is 0 Å². The molecule has 0 radical (unpaired) electrons. The summed E-state index contributed by atoms with van der Waals surface area (Å²) in [5.74, 6) is 1.14. The molecule has 3 aromatic rings. The number of fused-ring (bicyclic) bond motifs is 2. The number of likely N-dealkylation sites (tertiary alicyclic amines) is 1. The first-order valence-electron chi connectivity index (χ1n) is 9.98. The molecule has 1 fully saturated rings. The van der Waals surface area contributed by atoms with Crippen LogP contribution in [0.5, 0.6) is 0 Å². The van der Waals surface area contributed by atoms with Gasteiger partial charge in [0.15, 0.2) is 11.6 Å². The van der Waals surface area contributed by atoms with Gasteiger partial charge >= 0.3 is 0 Å². The number of nitrogens with one attached hydrogen (secondary N) is 1. The van der Waals surface area contributed by atoms with Crippen LogP contribution in [0.3, 0.4) is 0 Å². The number of furan rings is 1. The first-order valence-corrected chi connectivity index (χ1v) is 9.98. The van der Waals surface area contributed by atoms with Crippen LogP contribution in [0.1, 0.15) is 57.6 Å². The van der Waals surface area contributed by atoms with Gasteiger partial charge in [-0.3, -0.25) is 4.79 Å². The van der Waals surface area contributed by atoms with E-state index in [2.05, 4.69) is 16.4 Å². The minimum Gasteiger partial charge on any atom is -0.451 e. The van der Waals surface area contributed by atoms with Gasteiger partial charge in [-0.15, -0.1) is 0 Å². The summed E-state index contributed by atoms with van der Waals surface area (Å²) < 4.78 is 5.96. The Kier molecular flexibility index (Phi) is 4.16. The maximum absolute atomic E-state index is 13.4. The van der Waals surface area contributed by atoms with Crippen molar-refractivity contribution in [3.05, 3.63) is 58.4 Å². The van der Waals surface area contributed by atoms with Crippen LogP contribution < -0.4 is 5.32 Å². The lowest BCUT2D eigenvalue weighted by atomic mass is 10.1. The zero-order valence-corrected chi connectivity index (χ0v) is 16.3. The number of carbonyl (C=O) groups excluding carboxylic acids is 1. The van der Waals surface area contributed by atoms with Gasteiger partial charge in [0, 0.05) is 54.5 Å². The van der Waals surface area contributed by atoms with E-state index in [0.717, 1.165) is 71.5 Å². The number of carbonyl (C=O) groups is 1. The van der Waals surface area contributed by atoms with E-state index < -0.39 is 0 Å². The summed E-state index contributed by atoms with van der Waals surface area (Å²) in [6.07, 6.45) is 4.67. The number of benzene rings is 1. The van der Waals surface area contributed by atoms with Gasteiger partial charge in [0.1, 0.15) is 5.58 Å². The Bertz CT molecular complexity index is 1070. The van der Waals surface area contributed by atoms with Gasteiger partial charge in [0.2, 0.25) is 0 Å². The van der Waals surface area contributed by atoms with Crippen molar-refractivity contribution in [3.8, 4) is 0 Å². The minimum atomic E-state index is -0.0814. The second kappa shape index (κ2) is 6.71. The zero-order valence-electron chi connectivity index (χ0n) is 16.3. The molecular formula is C22H24N4O2. The highest BCUT2D eigenvalue weighted by Gasteiger charge is 2.35. The molecule has 1 atom stereocenters. The molecule has 1 amide bonds. The summed E-state index contributed by atoms with van der Waals surface area (Å²) in [5.41, 5.74) is 5.10. The van der Waals surface area contributed by atoms with Gasteiger partial charge in [-0.1, -0.05) is 11.6 Å². The molecule has 2 aliphatic heterocycles. The van der Waals surface area contributed by atoms with Crippen molar-refractivity contribution >= 4 is 16.9 Å². The summed E-state index contributed by atoms with van der Waals surface area (Å²) in [6.45, 7) is 6.48. The Balaban J connectivity index is 1.48. The maximum Gasteiger partial charge on any atom is 0.290 e. The number of amides is 1. The van der Waals surface area contributed by atoms with Crippen molar-refractivity contribution in [2.24, 2.45) is 0 Å². The van der Waals surface area contributed by atoms with Crippen molar-refractivity contribution < 1.29 is 9.21 Å². The molecule has 0 unspecified atom stereocenters. The Morgan fingerprint density at radius 1 is 1.32 bits per heavy atom. The third kappa shape index (κ3) is 2.79. The van der Waals surface area contributed by atoms with Gasteiger partial charge in [-0.05, 0) is 38.8 Å². The summed E-state index contributed by atoms with van der Waals surface area (Å²) in [5, 5.41) is 4.36. The molecule has 0 spiro atoms. The molecule has 5 rings (SSSR count). The Hall–Kier alpha value is -2.73. The van der Waals surface area contributed by atoms with Crippen molar-refractivity contribution in [1.82, 2.24) is 20.2 Å². The smallest absolute Gasteiger partial charge is 0.290 e. The lowest BCUT2D eigenvalue weighted by Crippen LogP contribution is -2.32. The Morgan fingerprint density at radius 2 is 2.21 bits per heavy atom. The highest BCUT2D eigenvalue weighted by molar-refractivity contribution is 5.99. The number of aryl methyl sites for hydroxylation is 2. The average Bonchev–Trinajstić information content (AvgIpc) is 3.32. The molecule has 4 heterocycles. The van der Waals surface area contributed by atoms with Crippen molar-refractivity contribution in [2.75, 3.05) is 13.1 Å². The third-order valence-corrected chi connectivity index (χ3v) is 5.92. The summed E-state index contributed by atoms with van der Waals surface area (Å²) >= 11 is 0. The predicted molar refractivity (Wildman–Crippen MR) is 106 cm³/mol. The number of rotatable bonds is 2. The quantitative estimate of drug-likeness (QED) is 0.742. The summed E-state index contributed by atoms with van der Waals surface area (Å²) in [4.78, 5) is 24.7. The van der Waals surface area contributed by atoms with E-state index in [9.17, 15) is 4.79 Å². The fourth-order valence-electron chi connectivity index (χ4n) is 4.36. The summed E-state index contributed by atoms with van der Waals surface area (Å²) in [6, 6.07) is 5.94. The molecule has 1 aromatic carbocycles. The molecule has 144 valence electrons. The molecule has 0 aliphatic carbocycles. The Morgan fingerprint density at radius 3 is 3.11 bits per heavy atom. The van der Waals surface area contributed by atoms with Crippen LogP contribution in [0, 0.1) is 13.8 Å². The zero-order chi connectivity index (χ0) is 19.3. The standard InChI is InChI=1S/C22H24N4O2/c1-13-5-6-19-16(10-13)14(2)20(28-19)22(27)26-9-3-4-18(26)21-24-12-15-11-23-8-7-17(15)25-21/h5-6,10,12,18,23H,3-4,7-9,11H2,1-2H3/t18-/m1/s1.